The predicted octanol–water partition coefficient (Wildman–Crippen LogP) is 4.89. The van der Waals surface area contributed by atoms with Crippen molar-refractivity contribution >= 4 is 0 Å². The zero-order valence-electron chi connectivity index (χ0n) is 10.5. The molecule has 1 aliphatic carbocycles. The first-order valence-corrected chi connectivity index (χ1v) is 6.03. The van der Waals surface area contributed by atoms with E-state index in [2.05, 4.69) is 33.9 Å². The molecule has 1 aliphatic rings. The fourth-order valence-corrected chi connectivity index (χ4v) is 2.83. The Balaban J connectivity index is 3.07. The quantitative estimate of drug-likeness (QED) is 0.614. The third-order valence-electron chi connectivity index (χ3n) is 3.72. The summed E-state index contributed by atoms with van der Waals surface area (Å²) in [6, 6.07) is 0. The second-order valence-corrected chi connectivity index (χ2v) is 5.25. The Bertz CT molecular complexity index is 278. The summed E-state index contributed by atoms with van der Waals surface area (Å²) < 4.78 is 0. The van der Waals surface area contributed by atoms with Crippen molar-refractivity contribution in [3.63, 3.8) is 0 Å². The van der Waals surface area contributed by atoms with Gasteiger partial charge in [-0.15, -0.1) is 0 Å². The Morgan fingerprint density at radius 2 is 2.00 bits per heavy atom. The largest absolute Gasteiger partial charge is 0.0988 e. The van der Waals surface area contributed by atoms with E-state index in [4.69, 9.17) is 0 Å². The lowest BCUT2D eigenvalue weighted by Crippen LogP contribution is -2.17. The lowest BCUT2D eigenvalue weighted by atomic mass is 9.76. The number of rotatable bonds is 3. The summed E-state index contributed by atoms with van der Waals surface area (Å²) in [6.07, 6.45) is 9.11. The minimum Gasteiger partial charge on any atom is -0.0988 e. The van der Waals surface area contributed by atoms with E-state index in [1.54, 1.807) is 0 Å². The molecule has 0 spiro atoms. The van der Waals surface area contributed by atoms with E-state index < -0.39 is 0 Å². The topological polar surface area (TPSA) is 0 Å². The average molecular weight is 204 g/mol. The first-order valence-electron chi connectivity index (χ1n) is 6.03. The third-order valence-corrected chi connectivity index (χ3v) is 3.72. The minimum atomic E-state index is 0.266. The Morgan fingerprint density at radius 3 is 2.47 bits per heavy atom. The van der Waals surface area contributed by atoms with E-state index in [1.807, 2.05) is 12.2 Å². The molecule has 0 fully saturated rings. The zero-order valence-corrected chi connectivity index (χ0v) is 10.5. The second-order valence-electron chi connectivity index (χ2n) is 5.25. The van der Waals surface area contributed by atoms with Gasteiger partial charge in [-0.25, -0.2) is 0 Å². The van der Waals surface area contributed by atoms with E-state index in [9.17, 15) is 0 Å². The van der Waals surface area contributed by atoms with Crippen LogP contribution in [0.15, 0.2) is 36.5 Å². The molecular weight excluding hydrogens is 180 g/mol. The van der Waals surface area contributed by atoms with E-state index in [0.717, 1.165) is 5.92 Å². The molecule has 0 heteroatoms. The fourth-order valence-electron chi connectivity index (χ4n) is 2.83. The van der Waals surface area contributed by atoms with Gasteiger partial charge in [-0.1, -0.05) is 52.5 Å². The molecule has 0 aromatic carbocycles. The standard InChI is InChI=1S/C15H24/c1-6-12-9-10-13(7-2)14(8-3)15(4,5)11-12/h7-8,12H,2-3,6,9-11H2,1,4-5H3. The molecule has 1 rings (SSSR count). The molecule has 0 aliphatic heterocycles. The summed E-state index contributed by atoms with van der Waals surface area (Å²) in [4.78, 5) is 0. The van der Waals surface area contributed by atoms with Crippen molar-refractivity contribution in [3.8, 4) is 0 Å². The van der Waals surface area contributed by atoms with Crippen molar-refractivity contribution in [1.29, 1.82) is 0 Å². The van der Waals surface area contributed by atoms with Crippen molar-refractivity contribution in [2.45, 2.75) is 46.5 Å². The molecule has 0 radical (unpaired) electrons. The first-order chi connectivity index (χ1) is 7.05. The highest BCUT2D eigenvalue weighted by atomic mass is 14.3. The van der Waals surface area contributed by atoms with Gasteiger partial charge in [0.15, 0.2) is 0 Å². The Kier molecular flexibility index (Phi) is 3.96. The summed E-state index contributed by atoms with van der Waals surface area (Å²) in [5.74, 6) is 0.854. The van der Waals surface area contributed by atoms with Gasteiger partial charge in [0.1, 0.15) is 0 Å². The van der Waals surface area contributed by atoms with Crippen molar-refractivity contribution in [2.75, 3.05) is 0 Å². The van der Waals surface area contributed by atoms with Crippen LogP contribution in [0.2, 0.25) is 0 Å². The highest BCUT2D eigenvalue weighted by molar-refractivity contribution is 5.36. The molecule has 0 N–H and O–H groups in total. The molecule has 1 unspecified atom stereocenters. The van der Waals surface area contributed by atoms with Gasteiger partial charge in [0.2, 0.25) is 0 Å². The third kappa shape index (κ3) is 2.62. The van der Waals surface area contributed by atoms with Crippen LogP contribution in [0.5, 0.6) is 0 Å². The molecule has 0 saturated heterocycles. The van der Waals surface area contributed by atoms with Crippen molar-refractivity contribution < 1.29 is 0 Å². The van der Waals surface area contributed by atoms with Crippen LogP contribution in [-0.2, 0) is 0 Å². The highest BCUT2D eigenvalue weighted by Gasteiger charge is 2.29. The minimum absolute atomic E-state index is 0.266. The van der Waals surface area contributed by atoms with Crippen LogP contribution in [0.25, 0.3) is 0 Å². The van der Waals surface area contributed by atoms with Gasteiger partial charge < -0.3 is 0 Å². The Morgan fingerprint density at radius 1 is 1.33 bits per heavy atom. The summed E-state index contributed by atoms with van der Waals surface area (Å²) >= 11 is 0. The molecule has 0 saturated carbocycles. The molecule has 0 amide bonds. The summed E-state index contributed by atoms with van der Waals surface area (Å²) in [5.41, 5.74) is 3.09. The summed E-state index contributed by atoms with van der Waals surface area (Å²) in [6.45, 7) is 14.9. The fraction of sp³-hybridized carbons (Fsp3) is 0.600. The van der Waals surface area contributed by atoms with E-state index in [1.165, 1.54) is 36.8 Å². The molecule has 0 bridgehead atoms. The summed E-state index contributed by atoms with van der Waals surface area (Å²) in [5, 5.41) is 0. The Labute approximate surface area is 94.8 Å². The van der Waals surface area contributed by atoms with E-state index in [-0.39, 0.29) is 5.41 Å². The normalized spacial score (nSPS) is 25.9. The number of hydrogen-bond donors (Lipinski definition) is 0. The van der Waals surface area contributed by atoms with Crippen LogP contribution in [0.3, 0.4) is 0 Å². The highest BCUT2D eigenvalue weighted by Crippen LogP contribution is 2.42. The molecule has 0 nitrogen and oxygen atoms in total. The molecule has 0 aromatic heterocycles. The van der Waals surface area contributed by atoms with E-state index in [0.29, 0.717) is 0 Å². The maximum atomic E-state index is 3.97. The van der Waals surface area contributed by atoms with Gasteiger partial charge in [0.05, 0.1) is 0 Å². The van der Waals surface area contributed by atoms with Crippen LogP contribution >= 0.6 is 0 Å². The predicted molar refractivity (Wildman–Crippen MR) is 68.8 cm³/mol. The monoisotopic (exact) mass is 204 g/mol. The molecule has 84 valence electrons. The lowest BCUT2D eigenvalue weighted by Gasteiger charge is -2.29. The first kappa shape index (κ1) is 12.3. The van der Waals surface area contributed by atoms with Gasteiger partial charge >= 0.3 is 0 Å². The Hall–Kier alpha value is -0.780. The number of hydrogen-bond acceptors (Lipinski definition) is 0. The van der Waals surface area contributed by atoms with Gasteiger partial charge in [0, 0.05) is 0 Å². The van der Waals surface area contributed by atoms with Crippen LogP contribution in [0, 0.1) is 11.3 Å². The van der Waals surface area contributed by atoms with E-state index >= 15 is 0 Å². The average Bonchev–Trinajstić information content (AvgIpc) is 2.32. The van der Waals surface area contributed by atoms with Crippen LogP contribution in [0.1, 0.15) is 46.5 Å². The molecule has 15 heavy (non-hydrogen) atoms. The van der Waals surface area contributed by atoms with Crippen molar-refractivity contribution in [2.24, 2.45) is 11.3 Å². The number of allylic oxidation sites excluding steroid dienone is 4. The molecular formula is C15H24. The van der Waals surface area contributed by atoms with Crippen LogP contribution in [0.4, 0.5) is 0 Å². The molecule has 0 heterocycles. The van der Waals surface area contributed by atoms with Gasteiger partial charge in [-0.2, -0.15) is 0 Å². The molecule has 1 atom stereocenters. The van der Waals surface area contributed by atoms with Crippen LogP contribution < -0.4 is 0 Å². The smallest absolute Gasteiger partial charge is 0.00984 e. The molecule has 0 aromatic rings. The summed E-state index contributed by atoms with van der Waals surface area (Å²) in [7, 11) is 0. The maximum Gasteiger partial charge on any atom is -0.00984 e. The van der Waals surface area contributed by atoms with Gasteiger partial charge in [-0.3, -0.25) is 0 Å². The SMILES string of the molecule is C=CC1=C(C=C)C(C)(C)CC(CC)CC1. The van der Waals surface area contributed by atoms with Gasteiger partial charge in [0.25, 0.3) is 0 Å². The maximum absolute atomic E-state index is 3.97. The van der Waals surface area contributed by atoms with Crippen molar-refractivity contribution in [1.82, 2.24) is 0 Å². The second kappa shape index (κ2) is 4.83. The van der Waals surface area contributed by atoms with Crippen LogP contribution in [-0.4, -0.2) is 0 Å². The lowest BCUT2D eigenvalue weighted by molar-refractivity contribution is 0.312. The van der Waals surface area contributed by atoms with Gasteiger partial charge in [-0.05, 0) is 41.7 Å². The van der Waals surface area contributed by atoms with Crippen molar-refractivity contribution in [3.05, 3.63) is 36.5 Å². The zero-order chi connectivity index (χ0) is 11.5.